The fraction of sp³-hybridized carbons (Fsp3) is 0.400. The highest BCUT2D eigenvalue weighted by Gasteiger charge is 2.23. The second kappa shape index (κ2) is 5.37. The lowest BCUT2D eigenvalue weighted by Crippen LogP contribution is -2.17. The normalized spacial score (nSPS) is 25.6. The van der Waals surface area contributed by atoms with Crippen molar-refractivity contribution in [3.8, 4) is 0 Å². The van der Waals surface area contributed by atoms with E-state index in [1.54, 1.807) is 0 Å². The zero-order valence-electron chi connectivity index (χ0n) is 8.13. The average molecular weight is 228 g/mol. The van der Waals surface area contributed by atoms with Crippen molar-refractivity contribution in [2.75, 3.05) is 13.2 Å². The highest BCUT2D eigenvalue weighted by molar-refractivity contribution is 7.75. The Morgan fingerprint density at radius 3 is 2.87 bits per heavy atom. The molecule has 0 bridgehead atoms. The topological polar surface area (TPSA) is 44.8 Å². The van der Waals surface area contributed by atoms with Gasteiger partial charge in [-0.05, 0) is 5.56 Å². The molecule has 1 fully saturated rings. The lowest BCUT2D eigenvalue weighted by molar-refractivity contribution is 0.0519. The first-order chi connectivity index (χ1) is 7.34. The van der Waals surface area contributed by atoms with Gasteiger partial charge in [-0.3, -0.25) is 8.37 Å². The summed E-state index contributed by atoms with van der Waals surface area (Å²) in [5, 5.41) is 0. The molecular weight excluding hydrogens is 216 g/mol. The van der Waals surface area contributed by atoms with Crippen LogP contribution in [0.3, 0.4) is 0 Å². The molecule has 2 atom stereocenters. The average Bonchev–Trinajstić information content (AvgIpc) is 2.66. The summed E-state index contributed by atoms with van der Waals surface area (Å²) in [5.41, 5.74) is 1.11. The summed E-state index contributed by atoms with van der Waals surface area (Å²) in [6.45, 7) is 1.27. The van der Waals surface area contributed by atoms with E-state index in [1.807, 2.05) is 30.3 Å². The number of rotatable bonds is 4. The molecule has 1 aromatic rings. The van der Waals surface area contributed by atoms with Crippen LogP contribution in [0.15, 0.2) is 30.3 Å². The molecule has 1 aliphatic heterocycles. The molecule has 82 valence electrons. The van der Waals surface area contributed by atoms with E-state index in [0.717, 1.165) is 5.56 Å². The molecule has 0 aromatic heterocycles. The van der Waals surface area contributed by atoms with Gasteiger partial charge in [0.2, 0.25) is 0 Å². The summed E-state index contributed by atoms with van der Waals surface area (Å²) < 4.78 is 25.8. The van der Waals surface area contributed by atoms with Crippen LogP contribution >= 0.6 is 0 Å². The Hall–Kier alpha value is -0.750. The Kier molecular flexibility index (Phi) is 3.85. The monoisotopic (exact) mass is 228 g/mol. The lowest BCUT2D eigenvalue weighted by atomic mass is 10.2. The summed E-state index contributed by atoms with van der Waals surface area (Å²) >= 11 is -1.58. The van der Waals surface area contributed by atoms with Crippen molar-refractivity contribution in [1.82, 2.24) is 0 Å². The summed E-state index contributed by atoms with van der Waals surface area (Å²) in [6, 6.07) is 9.86. The molecule has 0 N–H and O–H groups in total. The van der Waals surface area contributed by atoms with Crippen molar-refractivity contribution in [3.63, 3.8) is 0 Å². The molecule has 0 radical (unpaired) electrons. The van der Waals surface area contributed by atoms with Gasteiger partial charge in [-0.2, -0.15) is 4.21 Å². The smallest absolute Gasteiger partial charge is 0.305 e. The van der Waals surface area contributed by atoms with Crippen molar-refractivity contribution >= 4 is 11.4 Å². The summed E-state index contributed by atoms with van der Waals surface area (Å²) in [5.74, 6) is 0. The Morgan fingerprint density at radius 1 is 1.40 bits per heavy atom. The van der Waals surface area contributed by atoms with E-state index in [9.17, 15) is 4.21 Å². The third kappa shape index (κ3) is 3.39. The van der Waals surface area contributed by atoms with Crippen LogP contribution in [0, 0.1) is 0 Å². The van der Waals surface area contributed by atoms with Gasteiger partial charge in [-0.1, -0.05) is 30.3 Å². The highest BCUT2D eigenvalue weighted by atomic mass is 32.2. The number of benzene rings is 1. The van der Waals surface area contributed by atoms with Crippen molar-refractivity contribution in [1.29, 1.82) is 0 Å². The number of ether oxygens (including phenoxy) is 1. The molecule has 2 rings (SSSR count). The van der Waals surface area contributed by atoms with Crippen LogP contribution < -0.4 is 0 Å². The Labute approximate surface area is 91.0 Å². The fourth-order valence-electron chi connectivity index (χ4n) is 1.26. The van der Waals surface area contributed by atoms with Crippen molar-refractivity contribution in [2.24, 2.45) is 0 Å². The van der Waals surface area contributed by atoms with Crippen LogP contribution in [-0.4, -0.2) is 23.5 Å². The first-order valence-corrected chi connectivity index (χ1v) is 5.68. The molecule has 15 heavy (non-hydrogen) atoms. The van der Waals surface area contributed by atoms with Gasteiger partial charge in [-0.25, -0.2) is 0 Å². The van der Waals surface area contributed by atoms with Crippen LogP contribution in [0.5, 0.6) is 0 Å². The minimum atomic E-state index is -1.58. The molecule has 1 unspecified atom stereocenters. The molecule has 1 saturated heterocycles. The minimum absolute atomic E-state index is 0.213. The molecule has 4 nitrogen and oxygen atoms in total. The van der Waals surface area contributed by atoms with Crippen LogP contribution in [0.1, 0.15) is 5.56 Å². The van der Waals surface area contributed by atoms with E-state index >= 15 is 0 Å². The first-order valence-electron chi connectivity index (χ1n) is 4.68. The van der Waals surface area contributed by atoms with Crippen molar-refractivity contribution < 1.29 is 17.3 Å². The summed E-state index contributed by atoms with van der Waals surface area (Å²) in [4.78, 5) is 0. The Bertz CT molecular complexity index is 327. The van der Waals surface area contributed by atoms with E-state index in [2.05, 4.69) is 0 Å². The second-order valence-corrected chi connectivity index (χ2v) is 4.04. The maximum Gasteiger partial charge on any atom is 0.305 e. The van der Waals surface area contributed by atoms with E-state index in [-0.39, 0.29) is 6.10 Å². The molecule has 5 heteroatoms. The molecule has 1 aromatic carbocycles. The van der Waals surface area contributed by atoms with Gasteiger partial charge in [0.25, 0.3) is 0 Å². The quantitative estimate of drug-likeness (QED) is 0.776. The van der Waals surface area contributed by atoms with Gasteiger partial charge in [0.15, 0.2) is 0 Å². The molecule has 1 aliphatic rings. The maximum absolute atomic E-state index is 10.7. The van der Waals surface area contributed by atoms with E-state index < -0.39 is 11.4 Å². The SMILES string of the molecule is O=S1OC[C@H](COCc2ccccc2)O1. The van der Waals surface area contributed by atoms with Crippen molar-refractivity contribution in [2.45, 2.75) is 12.7 Å². The third-order valence-corrected chi connectivity index (χ3v) is 2.74. The van der Waals surface area contributed by atoms with E-state index in [0.29, 0.717) is 19.8 Å². The van der Waals surface area contributed by atoms with Gasteiger partial charge in [0.1, 0.15) is 6.10 Å². The van der Waals surface area contributed by atoms with Gasteiger partial charge < -0.3 is 4.74 Å². The van der Waals surface area contributed by atoms with E-state index in [4.69, 9.17) is 13.1 Å². The molecule has 0 amide bonds. The van der Waals surface area contributed by atoms with Crippen LogP contribution in [0.2, 0.25) is 0 Å². The van der Waals surface area contributed by atoms with Crippen LogP contribution in [-0.2, 0) is 31.1 Å². The minimum Gasteiger partial charge on any atom is -0.374 e. The largest absolute Gasteiger partial charge is 0.374 e. The highest BCUT2D eigenvalue weighted by Crippen LogP contribution is 2.10. The van der Waals surface area contributed by atoms with Gasteiger partial charge in [-0.15, -0.1) is 0 Å². The Morgan fingerprint density at radius 2 is 2.20 bits per heavy atom. The molecular formula is C10H12O4S. The third-order valence-electron chi connectivity index (χ3n) is 1.98. The molecule has 0 saturated carbocycles. The molecule has 1 heterocycles. The maximum atomic E-state index is 10.7. The number of hydrogen-bond acceptors (Lipinski definition) is 4. The predicted molar refractivity (Wildman–Crippen MR) is 55.1 cm³/mol. The summed E-state index contributed by atoms with van der Waals surface area (Å²) in [6.07, 6.45) is -0.213. The van der Waals surface area contributed by atoms with Crippen LogP contribution in [0.25, 0.3) is 0 Å². The van der Waals surface area contributed by atoms with Gasteiger partial charge in [0, 0.05) is 0 Å². The number of hydrogen-bond donors (Lipinski definition) is 0. The molecule has 0 spiro atoms. The van der Waals surface area contributed by atoms with Gasteiger partial charge >= 0.3 is 11.4 Å². The summed E-state index contributed by atoms with van der Waals surface area (Å²) in [7, 11) is 0. The first kappa shape index (κ1) is 10.8. The second-order valence-electron chi connectivity index (χ2n) is 3.21. The standard InChI is InChI=1S/C10H12O4S/c11-15-13-8-10(14-15)7-12-6-9-4-2-1-3-5-9/h1-5,10H,6-8H2/t10-,15?/m0/s1. The van der Waals surface area contributed by atoms with Crippen LogP contribution in [0.4, 0.5) is 0 Å². The zero-order chi connectivity index (χ0) is 10.5. The zero-order valence-corrected chi connectivity index (χ0v) is 8.94. The lowest BCUT2D eigenvalue weighted by Gasteiger charge is -2.06. The Balaban J connectivity index is 1.69. The van der Waals surface area contributed by atoms with Gasteiger partial charge in [0.05, 0.1) is 19.8 Å². The predicted octanol–water partition coefficient (Wildman–Crippen LogP) is 1.20. The van der Waals surface area contributed by atoms with Crippen molar-refractivity contribution in [3.05, 3.63) is 35.9 Å². The molecule has 0 aliphatic carbocycles. The van der Waals surface area contributed by atoms with E-state index in [1.165, 1.54) is 0 Å². The fourth-order valence-corrected chi connectivity index (χ4v) is 1.91.